The fourth-order valence-corrected chi connectivity index (χ4v) is 5.80. The first kappa shape index (κ1) is 31.4. The second-order valence-corrected chi connectivity index (χ2v) is 11.1. The van der Waals surface area contributed by atoms with E-state index in [1.807, 2.05) is 19.1 Å². The van der Waals surface area contributed by atoms with Crippen molar-refractivity contribution in [3.63, 3.8) is 0 Å². The lowest BCUT2D eigenvalue weighted by atomic mass is 9.91. The number of hydrogen-bond donors (Lipinski definition) is 2. The minimum atomic E-state index is -2.36. The van der Waals surface area contributed by atoms with Gasteiger partial charge in [0.05, 0.1) is 18.8 Å². The van der Waals surface area contributed by atoms with Crippen LogP contribution in [0.5, 0.6) is 0 Å². The predicted molar refractivity (Wildman–Crippen MR) is 150 cm³/mol. The van der Waals surface area contributed by atoms with E-state index < -0.39 is 59.1 Å². The molecule has 0 bridgehead atoms. The Bertz CT molecular complexity index is 1630. The van der Waals surface area contributed by atoms with Gasteiger partial charge in [0.25, 0.3) is 10.9 Å². The van der Waals surface area contributed by atoms with Crippen LogP contribution >= 0.6 is 11.8 Å². The van der Waals surface area contributed by atoms with Gasteiger partial charge in [0, 0.05) is 35.1 Å². The number of ether oxygens (including phenoxy) is 2. The lowest BCUT2D eigenvalue weighted by Gasteiger charge is -2.41. The minimum absolute atomic E-state index is 0.0131. The van der Waals surface area contributed by atoms with Crippen molar-refractivity contribution >= 4 is 23.4 Å². The molecular weight excluding hydrogens is 607 g/mol. The number of nitrogens with one attached hydrogen (secondary N) is 1. The Hall–Kier alpha value is -4.04. The van der Waals surface area contributed by atoms with Crippen LogP contribution in [0.3, 0.4) is 0 Å². The summed E-state index contributed by atoms with van der Waals surface area (Å²) < 4.78 is 82.1. The van der Waals surface area contributed by atoms with Crippen molar-refractivity contribution in [2.24, 2.45) is 5.92 Å². The minimum Gasteiger partial charge on any atom is -0.618 e. The molecule has 0 saturated carbocycles. The van der Waals surface area contributed by atoms with Crippen LogP contribution in [-0.2, 0) is 16.1 Å². The number of aromatic nitrogens is 1. The average Bonchev–Trinajstić information content (AvgIpc) is 3.03. The SMILES string of the molecule is CC1C(CSc2cccc[n+]2[O-])OC(c2ccc(NC(=O)c3c(F)c(F)c(F)c(F)c3F)cc2)OC1c1ccc(CO)cc1. The van der Waals surface area contributed by atoms with Crippen molar-refractivity contribution in [2.75, 3.05) is 11.1 Å². The first-order valence-corrected chi connectivity index (χ1v) is 14.3. The lowest BCUT2D eigenvalue weighted by molar-refractivity contribution is -0.645. The molecule has 0 aliphatic carbocycles. The molecule has 4 atom stereocenters. The molecule has 1 fully saturated rings. The van der Waals surface area contributed by atoms with E-state index in [1.165, 1.54) is 42.2 Å². The van der Waals surface area contributed by atoms with Crippen molar-refractivity contribution < 1.29 is 46.1 Å². The average molecular weight is 633 g/mol. The smallest absolute Gasteiger partial charge is 0.261 e. The molecule has 4 unspecified atom stereocenters. The first-order chi connectivity index (χ1) is 21.1. The van der Waals surface area contributed by atoms with Crippen LogP contribution in [0.25, 0.3) is 0 Å². The molecule has 1 aliphatic rings. The third kappa shape index (κ3) is 6.41. The molecule has 13 heteroatoms. The number of pyridine rings is 1. The van der Waals surface area contributed by atoms with Gasteiger partial charge in [-0.25, -0.2) is 22.0 Å². The van der Waals surface area contributed by atoms with Crippen molar-refractivity contribution in [1.29, 1.82) is 0 Å². The highest BCUT2D eigenvalue weighted by Gasteiger charge is 2.39. The van der Waals surface area contributed by atoms with Crippen LogP contribution < -0.4 is 10.0 Å². The maximum absolute atomic E-state index is 14.1. The van der Waals surface area contributed by atoms with Crippen molar-refractivity contribution in [3.05, 3.63) is 129 Å². The van der Waals surface area contributed by atoms with E-state index in [0.717, 1.165) is 15.9 Å². The van der Waals surface area contributed by atoms with Gasteiger partial charge < -0.3 is 25.1 Å². The number of hydrogen-bond acceptors (Lipinski definition) is 6. The van der Waals surface area contributed by atoms with Gasteiger partial charge in [0.2, 0.25) is 5.82 Å². The summed E-state index contributed by atoms with van der Waals surface area (Å²) in [5.41, 5.74) is 0.482. The van der Waals surface area contributed by atoms with Gasteiger partial charge in [-0.2, -0.15) is 4.73 Å². The third-order valence-electron chi connectivity index (χ3n) is 7.19. The van der Waals surface area contributed by atoms with Crippen LogP contribution in [0, 0.1) is 40.2 Å². The normalized spacial score (nSPS) is 20.0. The molecule has 7 nitrogen and oxygen atoms in total. The molecule has 0 radical (unpaired) electrons. The second-order valence-electron chi connectivity index (χ2n) is 10.0. The fraction of sp³-hybridized carbons (Fsp3) is 0.226. The topological polar surface area (TPSA) is 94.7 Å². The Kier molecular flexibility index (Phi) is 9.49. The molecule has 5 rings (SSSR count). The van der Waals surface area contributed by atoms with E-state index in [-0.39, 0.29) is 18.2 Å². The molecule has 1 amide bonds. The second kappa shape index (κ2) is 13.3. The Morgan fingerprint density at radius 3 is 2.11 bits per heavy atom. The fourth-order valence-electron chi connectivity index (χ4n) is 4.72. The van der Waals surface area contributed by atoms with Crippen molar-refractivity contribution in [2.45, 2.75) is 37.1 Å². The highest BCUT2D eigenvalue weighted by Crippen LogP contribution is 2.43. The first-order valence-electron chi connectivity index (χ1n) is 13.3. The molecule has 0 spiro atoms. The van der Waals surface area contributed by atoms with Crippen molar-refractivity contribution in [1.82, 2.24) is 0 Å². The highest BCUT2D eigenvalue weighted by atomic mass is 32.2. The van der Waals surface area contributed by atoms with E-state index in [1.54, 1.807) is 30.3 Å². The predicted octanol–water partition coefficient (Wildman–Crippen LogP) is 6.34. The van der Waals surface area contributed by atoms with Gasteiger partial charge in [0.1, 0.15) is 5.56 Å². The van der Waals surface area contributed by atoms with E-state index in [0.29, 0.717) is 16.3 Å². The van der Waals surface area contributed by atoms with Crippen LogP contribution in [0.1, 0.15) is 46.4 Å². The highest BCUT2D eigenvalue weighted by molar-refractivity contribution is 7.99. The van der Waals surface area contributed by atoms with Crippen LogP contribution in [0.4, 0.5) is 27.6 Å². The van der Waals surface area contributed by atoms with Gasteiger partial charge in [0.15, 0.2) is 35.8 Å². The van der Waals surface area contributed by atoms with Crippen LogP contribution in [0.15, 0.2) is 78.0 Å². The summed E-state index contributed by atoms with van der Waals surface area (Å²) in [4.78, 5) is 12.5. The van der Waals surface area contributed by atoms with Crippen LogP contribution in [-0.4, -0.2) is 22.9 Å². The number of halogens is 5. The Balaban J connectivity index is 1.37. The number of benzene rings is 3. The number of aliphatic hydroxyl groups excluding tert-OH is 1. The summed E-state index contributed by atoms with van der Waals surface area (Å²) in [5.74, 6) is -12.6. The van der Waals surface area contributed by atoms with Gasteiger partial charge in [-0.3, -0.25) is 4.79 Å². The van der Waals surface area contributed by atoms with E-state index in [4.69, 9.17) is 9.47 Å². The molecule has 230 valence electrons. The number of carbonyl (C=O) groups excluding carboxylic acids is 1. The molecule has 1 aliphatic heterocycles. The number of rotatable bonds is 8. The summed E-state index contributed by atoms with van der Waals surface area (Å²) in [6.07, 6.45) is -0.350. The molecule has 44 heavy (non-hydrogen) atoms. The molecule has 1 aromatic heterocycles. The quantitative estimate of drug-likeness (QED) is 0.0588. The molecular formula is C31H25F5N2O5S. The van der Waals surface area contributed by atoms with E-state index in [2.05, 4.69) is 5.32 Å². The summed E-state index contributed by atoms with van der Waals surface area (Å²) in [6.45, 7) is 1.84. The monoisotopic (exact) mass is 632 g/mol. The number of anilines is 1. The molecule has 2 heterocycles. The zero-order chi connectivity index (χ0) is 31.5. The maximum atomic E-state index is 14.1. The lowest BCUT2D eigenvalue weighted by Crippen LogP contribution is -2.39. The zero-order valence-electron chi connectivity index (χ0n) is 23.0. The van der Waals surface area contributed by atoms with Gasteiger partial charge in [-0.15, -0.1) is 0 Å². The largest absolute Gasteiger partial charge is 0.618 e. The van der Waals surface area contributed by atoms with Crippen molar-refractivity contribution in [3.8, 4) is 0 Å². The summed E-state index contributed by atoms with van der Waals surface area (Å²) in [6, 6.07) is 18.1. The van der Waals surface area contributed by atoms with Gasteiger partial charge in [-0.1, -0.05) is 55.1 Å². The number of amides is 1. The molecule has 3 aromatic carbocycles. The zero-order valence-corrected chi connectivity index (χ0v) is 23.8. The third-order valence-corrected chi connectivity index (χ3v) is 8.29. The Morgan fingerprint density at radius 2 is 1.50 bits per heavy atom. The van der Waals surface area contributed by atoms with E-state index in [9.17, 15) is 37.1 Å². The molecule has 2 N–H and O–H groups in total. The molecule has 4 aromatic rings. The standard InChI is InChI=1S/C31H25F5N2O5S/c1-16-21(15-44-22-4-2-3-13-38(22)41)42-31(43-29(16)18-7-5-17(14-39)6-8-18)19-9-11-20(12-10-19)37-30(40)23-24(32)26(34)28(36)27(35)25(23)33/h2-13,16,21,29,31,39H,14-15H2,1H3,(H,37,40). The van der Waals surface area contributed by atoms with Crippen LogP contribution in [0.2, 0.25) is 0 Å². The number of aliphatic hydroxyl groups is 1. The summed E-state index contributed by atoms with van der Waals surface area (Å²) in [5, 5.41) is 24.2. The number of nitrogens with zero attached hydrogens (tertiary/aromatic N) is 1. The number of thioether (sulfide) groups is 1. The summed E-state index contributed by atoms with van der Waals surface area (Å²) in [7, 11) is 0. The molecule has 1 saturated heterocycles. The summed E-state index contributed by atoms with van der Waals surface area (Å²) >= 11 is 1.32. The number of carbonyl (C=O) groups is 1. The Morgan fingerprint density at radius 1 is 0.886 bits per heavy atom. The maximum Gasteiger partial charge on any atom is 0.261 e. The Labute approximate surface area is 252 Å². The van der Waals surface area contributed by atoms with Gasteiger partial charge >= 0.3 is 0 Å². The van der Waals surface area contributed by atoms with Gasteiger partial charge in [-0.05, 0) is 29.3 Å². The van der Waals surface area contributed by atoms with E-state index >= 15 is 0 Å².